The fourth-order valence-corrected chi connectivity index (χ4v) is 2.81. The first kappa shape index (κ1) is 16.5. The number of ketones is 1. The molecule has 0 saturated heterocycles. The molecule has 3 nitrogen and oxygen atoms in total. The Morgan fingerprint density at radius 1 is 1.23 bits per heavy atom. The maximum Gasteiger partial charge on any atom is 0.455 e. The number of anilines is 1. The predicted molar refractivity (Wildman–Crippen MR) is 80.3 cm³/mol. The number of carbonyl (C=O) groups excluding carboxylic acids is 1. The summed E-state index contributed by atoms with van der Waals surface area (Å²) >= 11 is 0.583. The van der Waals surface area contributed by atoms with Crippen LogP contribution in [-0.4, -0.2) is 30.0 Å². The Labute approximate surface area is 130 Å². The van der Waals surface area contributed by atoms with Gasteiger partial charge < -0.3 is 4.90 Å². The topological polar surface area (TPSA) is 33.2 Å². The van der Waals surface area contributed by atoms with Crippen LogP contribution in [0.5, 0.6) is 0 Å². The van der Waals surface area contributed by atoms with Crippen LogP contribution in [0.1, 0.15) is 23.5 Å². The molecular weight excluding hydrogens is 313 g/mol. The summed E-state index contributed by atoms with van der Waals surface area (Å²) in [6.07, 6.45) is -4.91. The Kier molecular flexibility index (Phi) is 4.85. The Morgan fingerprint density at radius 3 is 2.32 bits per heavy atom. The molecule has 1 aromatic carbocycles. The Balaban J connectivity index is 2.34. The van der Waals surface area contributed by atoms with Gasteiger partial charge in [-0.25, -0.2) is 4.98 Å². The van der Waals surface area contributed by atoms with Gasteiger partial charge in [0, 0.05) is 24.3 Å². The van der Waals surface area contributed by atoms with Gasteiger partial charge in [-0.2, -0.15) is 13.2 Å². The van der Waals surface area contributed by atoms with Crippen LogP contribution in [-0.2, 0) is 0 Å². The Morgan fingerprint density at radius 2 is 1.82 bits per heavy atom. The van der Waals surface area contributed by atoms with Crippen molar-refractivity contribution in [2.45, 2.75) is 20.0 Å². The molecule has 1 aromatic heterocycles. The van der Waals surface area contributed by atoms with E-state index in [0.717, 1.165) is 18.8 Å². The monoisotopic (exact) mass is 327 g/mol. The lowest BCUT2D eigenvalue weighted by molar-refractivity contribution is -0.0882. The number of carbonyl (C=O) groups is 1. The van der Waals surface area contributed by atoms with E-state index in [-0.39, 0.29) is 5.69 Å². The number of thiazole rings is 1. The number of benzene rings is 1. The van der Waals surface area contributed by atoms with Crippen molar-refractivity contribution in [1.29, 1.82) is 0 Å². The minimum absolute atomic E-state index is 0.0263. The second kappa shape index (κ2) is 6.48. The van der Waals surface area contributed by atoms with Crippen molar-refractivity contribution in [3.63, 3.8) is 0 Å². The van der Waals surface area contributed by atoms with Gasteiger partial charge in [-0.3, -0.25) is 4.79 Å². The molecule has 0 saturated carbocycles. The van der Waals surface area contributed by atoms with E-state index in [0.29, 0.717) is 16.9 Å². The van der Waals surface area contributed by atoms with E-state index >= 15 is 0 Å². The normalized spacial score (nSPS) is 11.5. The van der Waals surface area contributed by atoms with Crippen molar-refractivity contribution >= 4 is 22.8 Å². The van der Waals surface area contributed by atoms with E-state index in [1.54, 1.807) is 12.1 Å². The van der Waals surface area contributed by atoms with Gasteiger partial charge >= 0.3 is 6.18 Å². The highest BCUT2D eigenvalue weighted by atomic mass is 32.1. The molecule has 0 aliphatic heterocycles. The first-order valence-electron chi connectivity index (χ1n) is 6.72. The number of halogens is 3. The minimum atomic E-state index is -4.91. The molecule has 0 amide bonds. The van der Waals surface area contributed by atoms with Crippen LogP contribution in [0.3, 0.4) is 0 Å². The summed E-state index contributed by atoms with van der Waals surface area (Å²) in [4.78, 5) is 16.9. The summed E-state index contributed by atoms with van der Waals surface area (Å²) in [6, 6.07) is 6.96. The van der Waals surface area contributed by atoms with E-state index in [2.05, 4.69) is 15.4 Å². The van der Waals surface area contributed by atoms with Gasteiger partial charge in [0.05, 0.1) is 5.69 Å². The third-order valence-electron chi connectivity index (χ3n) is 3.25. The smallest absolute Gasteiger partial charge is 0.372 e. The van der Waals surface area contributed by atoms with Crippen molar-refractivity contribution in [1.82, 2.24) is 4.98 Å². The molecule has 22 heavy (non-hydrogen) atoms. The number of hydrogen-bond acceptors (Lipinski definition) is 4. The zero-order chi connectivity index (χ0) is 16.3. The van der Waals surface area contributed by atoms with Gasteiger partial charge in [0.2, 0.25) is 0 Å². The molecule has 0 bridgehead atoms. The van der Waals surface area contributed by atoms with Gasteiger partial charge in [-0.1, -0.05) is 12.1 Å². The summed E-state index contributed by atoms with van der Waals surface area (Å²) in [5.41, 5.74) is 3.84. The standard InChI is InChI=1S/C15H14F3N2OS/c1-3-20(4-2)11-7-5-10(6-8-11)12-13(22-9-19-12)14(21)15(16,17)18/h5-8H,3-4H2,1-2H3. The number of Topliss-reactive ketones (excluding diaryl/α,β-unsaturated/α-hetero) is 1. The lowest BCUT2D eigenvalue weighted by atomic mass is 10.1. The Hall–Kier alpha value is -1.89. The number of nitrogens with zero attached hydrogens (tertiary/aromatic N) is 2. The third-order valence-corrected chi connectivity index (χ3v) is 4.02. The fraction of sp³-hybridized carbons (Fsp3) is 0.333. The first-order valence-corrected chi connectivity index (χ1v) is 7.53. The van der Waals surface area contributed by atoms with Gasteiger partial charge in [0.25, 0.3) is 5.78 Å². The molecular formula is C15H14F3N2OS. The quantitative estimate of drug-likeness (QED) is 0.772. The first-order chi connectivity index (χ1) is 10.4. The van der Waals surface area contributed by atoms with Crippen molar-refractivity contribution in [2.24, 2.45) is 0 Å². The van der Waals surface area contributed by atoms with Crippen LogP contribution in [0, 0.1) is 5.51 Å². The van der Waals surface area contributed by atoms with Crippen LogP contribution in [0.25, 0.3) is 11.3 Å². The summed E-state index contributed by atoms with van der Waals surface area (Å²) in [5, 5.41) is 0. The molecule has 0 aliphatic carbocycles. The maximum atomic E-state index is 12.6. The summed E-state index contributed by atoms with van der Waals surface area (Å²) in [6.45, 7) is 5.70. The molecule has 7 heteroatoms. The molecule has 0 atom stereocenters. The molecule has 1 radical (unpaired) electrons. The second-order valence-corrected chi connectivity index (χ2v) is 5.32. The van der Waals surface area contributed by atoms with E-state index in [1.807, 2.05) is 26.0 Å². The van der Waals surface area contributed by atoms with E-state index < -0.39 is 16.8 Å². The molecule has 2 aromatic rings. The van der Waals surface area contributed by atoms with Crippen LogP contribution in [0.15, 0.2) is 24.3 Å². The number of alkyl halides is 3. The zero-order valence-corrected chi connectivity index (χ0v) is 12.9. The lowest BCUT2D eigenvalue weighted by Crippen LogP contribution is -2.22. The molecule has 0 aliphatic rings. The molecule has 0 fully saturated rings. The van der Waals surface area contributed by atoms with Gasteiger partial charge in [0.15, 0.2) is 5.51 Å². The van der Waals surface area contributed by atoms with Crippen molar-refractivity contribution in [2.75, 3.05) is 18.0 Å². The van der Waals surface area contributed by atoms with Crippen molar-refractivity contribution in [3.8, 4) is 11.3 Å². The summed E-state index contributed by atoms with van der Waals surface area (Å²) in [5.74, 6) is -1.88. The highest BCUT2D eigenvalue weighted by molar-refractivity contribution is 7.11. The predicted octanol–water partition coefficient (Wildman–Crippen LogP) is 4.20. The number of aromatic nitrogens is 1. The van der Waals surface area contributed by atoms with Gasteiger partial charge in [-0.05, 0) is 26.0 Å². The molecule has 0 spiro atoms. The second-order valence-electron chi connectivity index (χ2n) is 4.53. The van der Waals surface area contributed by atoms with Crippen LogP contribution < -0.4 is 4.90 Å². The van der Waals surface area contributed by atoms with Crippen LogP contribution in [0.2, 0.25) is 0 Å². The lowest BCUT2D eigenvalue weighted by Gasteiger charge is -2.21. The zero-order valence-electron chi connectivity index (χ0n) is 12.1. The van der Waals surface area contributed by atoms with Crippen LogP contribution >= 0.6 is 11.3 Å². The van der Waals surface area contributed by atoms with Gasteiger partial charge in [-0.15, -0.1) is 11.3 Å². The summed E-state index contributed by atoms with van der Waals surface area (Å²) in [7, 11) is 0. The van der Waals surface area contributed by atoms with Crippen LogP contribution in [0.4, 0.5) is 18.9 Å². The average Bonchev–Trinajstić information content (AvgIpc) is 2.96. The van der Waals surface area contributed by atoms with Crippen molar-refractivity contribution < 1.29 is 18.0 Å². The van der Waals surface area contributed by atoms with E-state index in [9.17, 15) is 18.0 Å². The van der Waals surface area contributed by atoms with E-state index in [1.165, 1.54) is 0 Å². The maximum absolute atomic E-state index is 12.6. The molecule has 2 rings (SSSR count). The summed E-state index contributed by atoms with van der Waals surface area (Å²) < 4.78 is 37.7. The minimum Gasteiger partial charge on any atom is -0.372 e. The number of rotatable bonds is 5. The molecule has 0 N–H and O–H groups in total. The van der Waals surface area contributed by atoms with E-state index in [4.69, 9.17) is 0 Å². The molecule has 1 heterocycles. The SMILES string of the molecule is CCN(CC)c1ccc(-c2n[c]sc2C(=O)C(F)(F)F)cc1. The average molecular weight is 327 g/mol. The highest BCUT2D eigenvalue weighted by Crippen LogP contribution is 2.32. The largest absolute Gasteiger partial charge is 0.455 e. The number of hydrogen-bond donors (Lipinski definition) is 0. The molecule has 0 unspecified atom stereocenters. The fourth-order valence-electron chi connectivity index (χ4n) is 2.11. The van der Waals surface area contributed by atoms with Gasteiger partial charge in [0.1, 0.15) is 4.88 Å². The van der Waals surface area contributed by atoms with Crippen molar-refractivity contribution in [3.05, 3.63) is 34.7 Å². The highest BCUT2D eigenvalue weighted by Gasteiger charge is 2.41. The third kappa shape index (κ3) is 3.30. The Bertz CT molecular complexity index is 646. The molecule has 117 valence electrons.